The number of rotatable bonds is 1. The van der Waals surface area contributed by atoms with Gasteiger partial charge in [-0.3, -0.25) is 0 Å². The van der Waals surface area contributed by atoms with E-state index in [2.05, 4.69) is 0 Å². The van der Waals surface area contributed by atoms with Crippen molar-refractivity contribution in [1.29, 1.82) is 5.26 Å². The van der Waals surface area contributed by atoms with Crippen molar-refractivity contribution in [2.75, 3.05) is 0 Å². The smallest absolute Gasteiger partial charge is 0.205 e. The van der Waals surface area contributed by atoms with Gasteiger partial charge in [-0.25, -0.2) is 8.78 Å². The molecule has 0 aliphatic rings. The molecular weight excluding hydrogens is 217 g/mol. The maximum absolute atomic E-state index is 12.4. The molecule has 0 saturated heterocycles. The summed E-state index contributed by atoms with van der Waals surface area (Å²) in [6.07, 6.45) is -8.20. The van der Waals surface area contributed by atoms with Crippen LogP contribution in [0.5, 0.6) is 0 Å². The van der Waals surface area contributed by atoms with Crippen LogP contribution >= 0.6 is 0 Å². The number of halogens is 5. The van der Waals surface area contributed by atoms with Gasteiger partial charge in [0.05, 0.1) is 17.2 Å². The topological polar surface area (TPSA) is 23.8 Å². The van der Waals surface area contributed by atoms with E-state index < -0.39 is 29.3 Å². The summed E-state index contributed by atoms with van der Waals surface area (Å²) in [6.45, 7) is 0. The summed E-state index contributed by atoms with van der Waals surface area (Å²) in [5, 5.41) is 8.39. The largest absolute Gasteiger partial charge is 0.418 e. The van der Waals surface area contributed by atoms with Crippen molar-refractivity contribution in [3.63, 3.8) is 0 Å². The van der Waals surface area contributed by atoms with Crippen LogP contribution in [-0.4, -0.2) is 0 Å². The molecule has 0 amide bonds. The molecule has 0 unspecified atom stereocenters. The van der Waals surface area contributed by atoms with Gasteiger partial charge in [0.2, 0.25) is 0 Å². The van der Waals surface area contributed by atoms with E-state index in [0.29, 0.717) is 6.07 Å². The molecule has 0 aliphatic carbocycles. The lowest BCUT2D eigenvalue weighted by molar-refractivity contribution is -0.139. The Morgan fingerprint density at radius 1 is 1.20 bits per heavy atom. The normalized spacial score (nSPS) is 11.5. The molecule has 0 heterocycles. The molecule has 80 valence electrons. The summed E-state index contributed by atoms with van der Waals surface area (Å²) in [4.78, 5) is 0. The van der Waals surface area contributed by atoms with E-state index in [1.165, 1.54) is 6.07 Å². The minimum Gasteiger partial charge on any atom is -0.205 e. The van der Waals surface area contributed by atoms with E-state index in [4.69, 9.17) is 5.26 Å². The third-order valence-corrected chi connectivity index (χ3v) is 1.74. The average Bonchev–Trinajstić information content (AvgIpc) is 2.15. The number of hydrogen-bond donors (Lipinski definition) is 0. The van der Waals surface area contributed by atoms with Crippen LogP contribution in [0.25, 0.3) is 0 Å². The van der Waals surface area contributed by atoms with E-state index in [1.807, 2.05) is 0 Å². The highest BCUT2D eigenvalue weighted by atomic mass is 19.4. The van der Waals surface area contributed by atoms with Gasteiger partial charge in [-0.05, 0) is 6.07 Å². The second-order valence-electron chi connectivity index (χ2n) is 2.68. The van der Waals surface area contributed by atoms with Gasteiger partial charge < -0.3 is 0 Å². The summed E-state index contributed by atoms with van der Waals surface area (Å²) in [5.74, 6) is 0. The molecular formula is C9H4F5N. The van der Waals surface area contributed by atoms with Crippen molar-refractivity contribution in [3.05, 3.63) is 34.9 Å². The summed E-state index contributed by atoms with van der Waals surface area (Å²) in [7, 11) is 0. The molecule has 0 radical (unpaired) electrons. The van der Waals surface area contributed by atoms with Crippen molar-refractivity contribution >= 4 is 0 Å². The van der Waals surface area contributed by atoms with Gasteiger partial charge >= 0.3 is 6.18 Å². The van der Waals surface area contributed by atoms with Gasteiger partial charge in [-0.1, -0.05) is 12.1 Å². The Bertz CT molecular complexity index is 402. The first kappa shape index (κ1) is 11.4. The Morgan fingerprint density at radius 2 is 1.80 bits per heavy atom. The van der Waals surface area contributed by atoms with Crippen LogP contribution in [0.4, 0.5) is 22.0 Å². The minimum atomic E-state index is -4.95. The van der Waals surface area contributed by atoms with Crippen LogP contribution in [0.3, 0.4) is 0 Å². The second-order valence-corrected chi connectivity index (χ2v) is 2.68. The summed E-state index contributed by atoms with van der Waals surface area (Å²) in [5.41, 5.74) is -3.51. The number of nitrogens with zero attached hydrogens (tertiary/aromatic N) is 1. The fourth-order valence-electron chi connectivity index (χ4n) is 1.16. The van der Waals surface area contributed by atoms with E-state index >= 15 is 0 Å². The van der Waals surface area contributed by atoms with Crippen LogP contribution in [-0.2, 0) is 6.18 Å². The summed E-state index contributed by atoms with van der Waals surface area (Å²) < 4.78 is 61.6. The standard InChI is InChI=1S/C9H4F5N/c10-8(11)6-3-1-2-5(4-15)7(6)9(12,13)14/h1-3,8H. The third-order valence-electron chi connectivity index (χ3n) is 1.74. The molecule has 0 atom stereocenters. The SMILES string of the molecule is N#Cc1cccc(C(F)F)c1C(F)(F)F. The highest BCUT2D eigenvalue weighted by Crippen LogP contribution is 2.38. The maximum atomic E-state index is 12.4. The Hall–Kier alpha value is -1.64. The molecule has 0 N–H and O–H groups in total. The fourth-order valence-corrected chi connectivity index (χ4v) is 1.16. The van der Waals surface area contributed by atoms with Gasteiger partial charge in [-0.2, -0.15) is 18.4 Å². The number of nitriles is 1. The molecule has 6 heteroatoms. The zero-order valence-corrected chi connectivity index (χ0v) is 7.15. The zero-order valence-electron chi connectivity index (χ0n) is 7.15. The number of alkyl halides is 5. The fraction of sp³-hybridized carbons (Fsp3) is 0.222. The van der Waals surface area contributed by atoms with E-state index in [-0.39, 0.29) is 0 Å². The molecule has 0 fully saturated rings. The lowest BCUT2D eigenvalue weighted by Gasteiger charge is -2.13. The quantitative estimate of drug-likeness (QED) is 0.665. The predicted molar refractivity (Wildman–Crippen MR) is 41.1 cm³/mol. The highest BCUT2D eigenvalue weighted by molar-refractivity contribution is 5.45. The first-order chi connectivity index (χ1) is 6.88. The third kappa shape index (κ3) is 2.24. The molecule has 1 aromatic rings. The molecule has 1 nitrogen and oxygen atoms in total. The van der Waals surface area contributed by atoms with Crippen molar-refractivity contribution in [2.45, 2.75) is 12.6 Å². The highest BCUT2D eigenvalue weighted by Gasteiger charge is 2.38. The number of benzene rings is 1. The van der Waals surface area contributed by atoms with Crippen LogP contribution in [0.2, 0.25) is 0 Å². The van der Waals surface area contributed by atoms with E-state index in [0.717, 1.165) is 12.1 Å². The first-order valence-corrected chi connectivity index (χ1v) is 3.76. The maximum Gasteiger partial charge on any atom is 0.418 e. The molecule has 0 spiro atoms. The van der Waals surface area contributed by atoms with Crippen molar-refractivity contribution < 1.29 is 22.0 Å². The number of hydrogen-bond acceptors (Lipinski definition) is 1. The zero-order chi connectivity index (χ0) is 11.6. The average molecular weight is 221 g/mol. The van der Waals surface area contributed by atoms with E-state index in [1.54, 1.807) is 0 Å². The molecule has 0 aliphatic heterocycles. The van der Waals surface area contributed by atoms with Gasteiger partial charge in [0.1, 0.15) is 0 Å². The Labute approximate surface area is 81.7 Å². The molecule has 15 heavy (non-hydrogen) atoms. The van der Waals surface area contributed by atoms with Crippen LogP contribution < -0.4 is 0 Å². The predicted octanol–water partition coefficient (Wildman–Crippen LogP) is 3.51. The summed E-state index contributed by atoms with van der Waals surface area (Å²) in [6, 6.07) is 3.76. The lowest BCUT2D eigenvalue weighted by Crippen LogP contribution is -2.12. The van der Waals surface area contributed by atoms with Crippen molar-refractivity contribution in [1.82, 2.24) is 0 Å². The van der Waals surface area contributed by atoms with Crippen LogP contribution in [0.1, 0.15) is 23.1 Å². The Morgan fingerprint density at radius 3 is 2.20 bits per heavy atom. The molecule has 0 aromatic heterocycles. The summed E-state index contributed by atoms with van der Waals surface area (Å²) >= 11 is 0. The lowest BCUT2D eigenvalue weighted by atomic mass is 10.0. The van der Waals surface area contributed by atoms with Crippen LogP contribution in [0.15, 0.2) is 18.2 Å². The van der Waals surface area contributed by atoms with Gasteiger partial charge in [0.15, 0.2) is 0 Å². The van der Waals surface area contributed by atoms with Gasteiger partial charge in [0.25, 0.3) is 6.43 Å². The van der Waals surface area contributed by atoms with Crippen molar-refractivity contribution in [3.8, 4) is 6.07 Å². The van der Waals surface area contributed by atoms with Crippen LogP contribution in [0, 0.1) is 11.3 Å². The second kappa shape index (κ2) is 3.85. The Kier molecular flexibility index (Phi) is 2.93. The molecule has 0 saturated carbocycles. The molecule has 1 rings (SSSR count). The first-order valence-electron chi connectivity index (χ1n) is 3.76. The van der Waals surface area contributed by atoms with E-state index in [9.17, 15) is 22.0 Å². The minimum absolute atomic E-state index is 0.661. The van der Waals surface area contributed by atoms with Gasteiger partial charge in [0, 0.05) is 5.56 Å². The monoisotopic (exact) mass is 221 g/mol. The van der Waals surface area contributed by atoms with Crippen molar-refractivity contribution in [2.24, 2.45) is 0 Å². The molecule has 0 bridgehead atoms. The molecule has 1 aromatic carbocycles. The van der Waals surface area contributed by atoms with Gasteiger partial charge in [-0.15, -0.1) is 0 Å². The Balaban J connectivity index is 3.50.